The first-order valence-corrected chi connectivity index (χ1v) is 25.7. The van der Waals surface area contributed by atoms with E-state index in [-0.39, 0.29) is 44.0 Å². The summed E-state index contributed by atoms with van der Waals surface area (Å²) in [6.45, 7) is 2.53. The molecule has 398 valence electrons. The average Bonchev–Trinajstić information content (AvgIpc) is 4.14. The lowest BCUT2D eigenvalue weighted by atomic mass is 9.64. The van der Waals surface area contributed by atoms with Crippen LogP contribution in [-0.2, 0) is 43.6 Å². The van der Waals surface area contributed by atoms with Gasteiger partial charge in [0.1, 0.15) is 29.9 Å². The van der Waals surface area contributed by atoms with Crippen molar-refractivity contribution in [1.29, 1.82) is 0 Å². The summed E-state index contributed by atoms with van der Waals surface area (Å²) >= 11 is 0. The first kappa shape index (κ1) is 52.5. The van der Waals surface area contributed by atoms with Gasteiger partial charge in [0.2, 0.25) is 17.8 Å². The van der Waals surface area contributed by atoms with E-state index in [1.54, 1.807) is 72.7 Å². The number of urea groups is 1. The van der Waals surface area contributed by atoms with Crippen LogP contribution in [0, 0.1) is 23.7 Å². The summed E-state index contributed by atoms with van der Waals surface area (Å²) < 4.78 is 22.3. The maximum absolute atomic E-state index is 16.9. The van der Waals surface area contributed by atoms with Crippen LogP contribution in [0.1, 0.15) is 71.0 Å². The number of fused-ring (bicyclic) bond motifs is 3. The van der Waals surface area contributed by atoms with Crippen LogP contribution in [0.4, 0.5) is 16.4 Å². The SMILES string of the molecule is COC(=O)C(CC#Cc1ccc2c(c1)[C@]1(C(=O)N2C(=O)N[C@H](C)c2ccccc2)[C@H](c2ccc(OCCO)cc2)N2[C@H](c3ccccc3)[C@H](c3ccccc3)OC(=O)[C@H]2[C@@H]1C(=O)N1CCN(c2ncccn2)CC1)C(=O)OC. The molecule has 4 aliphatic heterocycles. The minimum absolute atomic E-state index is 0.00296. The Kier molecular flexibility index (Phi) is 15.3. The maximum Gasteiger partial charge on any atom is 0.329 e. The predicted molar refractivity (Wildman–Crippen MR) is 284 cm³/mol. The topological polar surface area (TPSA) is 210 Å². The fourth-order valence-electron chi connectivity index (χ4n) is 11.5. The first-order valence-electron chi connectivity index (χ1n) is 25.7. The van der Waals surface area contributed by atoms with E-state index in [1.807, 2.05) is 101 Å². The number of hydrogen-bond donors (Lipinski definition) is 2. The Morgan fingerprint density at radius 1 is 0.769 bits per heavy atom. The van der Waals surface area contributed by atoms with E-state index in [4.69, 9.17) is 18.9 Å². The van der Waals surface area contributed by atoms with E-state index >= 15 is 19.2 Å². The van der Waals surface area contributed by atoms with Crippen molar-refractivity contribution in [2.75, 3.05) is 63.4 Å². The lowest BCUT2D eigenvalue weighted by molar-refractivity contribution is -0.179. The number of piperazine rings is 1. The van der Waals surface area contributed by atoms with Crippen LogP contribution < -0.4 is 19.9 Å². The molecule has 0 bridgehead atoms. The Morgan fingerprint density at radius 3 is 2.03 bits per heavy atom. The Morgan fingerprint density at radius 2 is 1.40 bits per heavy atom. The molecule has 3 saturated heterocycles. The van der Waals surface area contributed by atoms with Crippen molar-refractivity contribution in [1.82, 2.24) is 25.1 Å². The molecule has 18 nitrogen and oxygen atoms in total. The highest BCUT2D eigenvalue weighted by molar-refractivity contribution is 6.24. The molecule has 7 atom stereocenters. The number of imide groups is 1. The molecule has 5 aromatic carbocycles. The molecule has 18 heteroatoms. The number of rotatable bonds is 13. The number of amides is 4. The summed E-state index contributed by atoms with van der Waals surface area (Å²) in [6.07, 6.45) is 2.03. The first-order chi connectivity index (χ1) is 38.0. The molecule has 1 spiro atoms. The van der Waals surface area contributed by atoms with Crippen molar-refractivity contribution in [2.24, 2.45) is 11.8 Å². The number of cyclic esters (lactones) is 1. The number of morpholine rings is 1. The van der Waals surface area contributed by atoms with Gasteiger partial charge in [-0.05, 0) is 71.1 Å². The van der Waals surface area contributed by atoms with Crippen LogP contribution in [0.25, 0.3) is 0 Å². The fourth-order valence-corrected chi connectivity index (χ4v) is 11.5. The fraction of sp³-hybridized carbons (Fsp3) is 0.300. The minimum atomic E-state index is -2.12. The van der Waals surface area contributed by atoms with Gasteiger partial charge in [0, 0.05) is 50.6 Å². The second kappa shape index (κ2) is 22.7. The summed E-state index contributed by atoms with van der Waals surface area (Å²) in [5, 5.41) is 12.8. The number of anilines is 2. The molecule has 0 unspecified atom stereocenters. The molecule has 0 radical (unpaired) electrons. The molecule has 78 heavy (non-hydrogen) atoms. The number of carbonyl (C=O) groups is 6. The van der Waals surface area contributed by atoms with Crippen molar-refractivity contribution < 1.29 is 52.8 Å². The van der Waals surface area contributed by atoms with Gasteiger partial charge in [-0.25, -0.2) is 19.7 Å². The van der Waals surface area contributed by atoms with Crippen molar-refractivity contribution in [3.05, 3.63) is 185 Å². The molecular formula is C60H57N7O11. The van der Waals surface area contributed by atoms with Crippen LogP contribution in [0.5, 0.6) is 5.75 Å². The molecule has 2 N–H and O–H groups in total. The van der Waals surface area contributed by atoms with E-state index in [0.717, 1.165) is 30.2 Å². The molecule has 4 amide bonds. The van der Waals surface area contributed by atoms with Crippen molar-refractivity contribution in [3.63, 3.8) is 0 Å². The Bertz CT molecular complexity index is 3230. The molecular weight excluding hydrogens is 995 g/mol. The second-order valence-electron chi connectivity index (χ2n) is 19.3. The van der Waals surface area contributed by atoms with Crippen LogP contribution in [-0.4, -0.2) is 120 Å². The summed E-state index contributed by atoms with van der Waals surface area (Å²) in [6, 6.07) is 36.7. The van der Waals surface area contributed by atoms with Crippen molar-refractivity contribution >= 4 is 47.4 Å². The monoisotopic (exact) mass is 1050 g/mol. The highest BCUT2D eigenvalue weighted by Crippen LogP contribution is 2.66. The van der Waals surface area contributed by atoms with E-state index in [0.29, 0.717) is 41.5 Å². The molecule has 0 aliphatic carbocycles. The average molecular weight is 1050 g/mol. The summed E-state index contributed by atoms with van der Waals surface area (Å²) in [4.78, 5) is 106. The Labute approximate surface area is 450 Å². The molecule has 4 aliphatic rings. The molecule has 3 fully saturated rings. The molecule has 0 saturated carbocycles. The lowest BCUT2D eigenvalue weighted by Gasteiger charge is -2.46. The van der Waals surface area contributed by atoms with Crippen LogP contribution in [0.2, 0.25) is 0 Å². The van der Waals surface area contributed by atoms with Crippen LogP contribution >= 0.6 is 0 Å². The van der Waals surface area contributed by atoms with Gasteiger partial charge in [-0.1, -0.05) is 115 Å². The molecule has 10 rings (SSSR count). The number of esters is 3. The standard InChI is InChI=1S/C60H57N7O11/c1-38(40-16-7-4-8-17-40)63-59(74)66-47-28-23-39(15-13-22-45(54(70)75-2)55(71)76-3)37-46(47)60(57(66)73)48(53(69)64-31-33-65(34-32-64)58-61-29-14-30-62-58)50-56(72)78-51(42-20-11-6-12-21-42)49(41-18-9-5-10-19-41)67(50)52(60)43-24-26-44(27-25-43)77-36-35-68/h4-12,14,16-21,23-30,37-38,45,48-52,68H,22,31-36H2,1-3H3,(H,63,74)/t38-,48-,49-,50-,51+,52+,60-/m1/s1. The zero-order valence-corrected chi connectivity index (χ0v) is 43.1. The number of aliphatic hydroxyl groups excluding tert-OH is 1. The molecule has 6 aromatic rings. The summed E-state index contributed by atoms with van der Waals surface area (Å²) in [5.41, 5.74) is 1.20. The second-order valence-corrected chi connectivity index (χ2v) is 19.3. The van der Waals surface area contributed by atoms with E-state index in [1.165, 1.54) is 0 Å². The Balaban J connectivity index is 1.23. The van der Waals surface area contributed by atoms with E-state index < -0.39 is 83.3 Å². The van der Waals surface area contributed by atoms with Crippen LogP contribution in [0.3, 0.4) is 0 Å². The largest absolute Gasteiger partial charge is 0.491 e. The van der Waals surface area contributed by atoms with Gasteiger partial charge in [-0.2, -0.15) is 0 Å². The number of nitrogens with one attached hydrogen (secondary N) is 1. The van der Waals surface area contributed by atoms with Gasteiger partial charge in [-0.3, -0.25) is 28.9 Å². The highest BCUT2D eigenvalue weighted by Gasteiger charge is 2.76. The molecule has 1 aromatic heterocycles. The van der Waals surface area contributed by atoms with E-state index in [2.05, 4.69) is 27.1 Å². The van der Waals surface area contributed by atoms with E-state index in [9.17, 15) is 14.7 Å². The highest BCUT2D eigenvalue weighted by atomic mass is 16.6. The number of ether oxygens (including phenoxy) is 4. The van der Waals surface area contributed by atoms with Gasteiger partial charge in [0.15, 0.2) is 5.92 Å². The van der Waals surface area contributed by atoms with Gasteiger partial charge in [0.05, 0.1) is 50.6 Å². The van der Waals surface area contributed by atoms with Gasteiger partial charge in [0.25, 0.3) is 0 Å². The van der Waals surface area contributed by atoms with Crippen molar-refractivity contribution in [3.8, 4) is 17.6 Å². The third-order valence-electron chi connectivity index (χ3n) is 15.1. The number of benzene rings is 5. The van der Waals surface area contributed by atoms with Gasteiger partial charge in [-0.15, -0.1) is 0 Å². The maximum atomic E-state index is 16.9. The number of methoxy groups -OCH3 is 2. The Hall–Kier alpha value is -8.92. The van der Waals surface area contributed by atoms with Crippen molar-refractivity contribution in [2.45, 2.75) is 49.0 Å². The summed E-state index contributed by atoms with van der Waals surface area (Å²) in [7, 11) is 2.31. The zero-order chi connectivity index (χ0) is 54.5. The number of hydrogen-bond acceptors (Lipinski definition) is 15. The van der Waals surface area contributed by atoms with Gasteiger partial charge < -0.3 is 39.2 Å². The number of aliphatic hydroxyl groups is 1. The third kappa shape index (κ3) is 9.67. The molecule has 5 heterocycles. The zero-order valence-electron chi connectivity index (χ0n) is 43.1. The predicted octanol–water partition coefficient (Wildman–Crippen LogP) is 6.04. The minimum Gasteiger partial charge on any atom is -0.491 e. The normalized spacial score (nSPS) is 21.9. The number of aromatic nitrogens is 2. The number of carbonyl (C=O) groups excluding carboxylic acids is 6. The quantitative estimate of drug-likeness (QED) is 0.0585. The number of nitrogens with zero attached hydrogens (tertiary/aromatic N) is 6. The van der Waals surface area contributed by atoms with Crippen LogP contribution in [0.15, 0.2) is 152 Å². The van der Waals surface area contributed by atoms with Gasteiger partial charge >= 0.3 is 23.9 Å². The third-order valence-corrected chi connectivity index (χ3v) is 15.1. The smallest absolute Gasteiger partial charge is 0.329 e. The summed E-state index contributed by atoms with van der Waals surface area (Å²) in [5.74, 6) is 0.235. The lowest BCUT2D eigenvalue weighted by Crippen LogP contribution is -2.59.